The van der Waals surface area contributed by atoms with Gasteiger partial charge in [0.2, 0.25) is 0 Å². The number of halogens is 2. The number of carbonyl (C=O) groups excluding carboxylic acids is 1. The molecule has 0 spiro atoms. The molecule has 3 rings (SSSR count). The van der Waals surface area contributed by atoms with E-state index in [-0.39, 0.29) is 5.91 Å². The molecule has 2 aromatic carbocycles. The Balaban J connectivity index is 1.74. The lowest BCUT2D eigenvalue weighted by atomic mass is 10.1. The largest absolute Gasteiger partial charge is 0.305 e. The van der Waals surface area contributed by atoms with Crippen LogP contribution in [-0.4, -0.2) is 15.7 Å². The van der Waals surface area contributed by atoms with Gasteiger partial charge in [-0.3, -0.25) is 9.48 Å². The minimum atomic E-state index is -0.186. The first-order chi connectivity index (χ1) is 11.5. The Labute approximate surface area is 150 Å². The van der Waals surface area contributed by atoms with Crippen molar-refractivity contribution in [3.05, 3.63) is 81.5 Å². The van der Waals surface area contributed by atoms with Crippen LogP contribution in [0, 0.1) is 6.92 Å². The second-order valence-corrected chi connectivity index (χ2v) is 6.18. The Kier molecular flexibility index (Phi) is 4.88. The molecule has 0 saturated carbocycles. The molecule has 4 nitrogen and oxygen atoms in total. The van der Waals surface area contributed by atoms with Gasteiger partial charge in [0, 0.05) is 33.4 Å². The fraction of sp³-hybridized carbons (Fsp3) is 0.111. The van der Waals surface area contributed by atoms with E-state index < -0.39 is 0 Å². The second-order valence-electron chi connectivity index (χ2n) is 5.37. The maximum absolute atomic E-state index is 12.3. The number of benzene rings is 2. The van der Waals surface area contributed by atoms with Crippen molar-refractivity contribution in [1.82, 2.24) is 9.78 Å². The van der Waals surface area contributed by atoms with Crippen LogP contribution in [-0.2, 0) is 6.54 Å². The zero-order valence-corrected chi connectivity index (χ0v) is 14.5. The molecule has 0 aliphatic rings. The van der Waals surface area contributed by atoms with E-state index in [1.165, 1.54) is 0 Å². The lowest BCUT2D eigenvalue weighted by Crippen LogP contribution is -2.14. The van der Waals surface area contributed by atoms with Gasteiger partial charge in [0.15, 0.2) is 5.82 Å². The molecule has 0 bridgehead atoms. The average molecular weight is 360 g/mol. The van der Waals surface area contributed by atoms with Gasteiger partial charge in [0.05, 0.1) is 6.54 Å². The zero-order valence-electron chi connectivity index (χ0n) is 13.0. The van der Waals surface area contributed by atoms with Crippen LogP contribution in [0.1, 0.15) is 21.5 Å². The van der Waals surface area contributed by atoms with Crippen molar-refractivity contribution in [1.29, 1.82) is 0 Å². The molecular formula is C18H15Cl2N3O. The minimum Gasteiger partial charge on any atom is -0.305 e. The van der Waals surface area contributed by atoms with Crippen molar-refractivity contribution in [2.24, 2.45) is 0 Å². The van der Waals surface area contributed by atoms with Crippen LogP contribution in [0.15, 0.2) is 54.7 Å². The SMILES string of the molecule is Cc1ccccc1C(=O)Nc1ccn(Cc2c(Cl)cccc2Cl)n1. The number of hydrogen-bond acceptors (Lipinski definition) is 2. The fourth-order valence-electron chi connectivity index (χ4n) is 2.37. The highest BCUT2D eigenvalue weighted by Crippen LogP contribution is 2.25. The predicted octanol–water partition coefficient (Wildman–Crippen LogP) is 4.80. The standard InChI is InChI=1S/C18H15Cl2N3O/c1-12-5-2-3-6-13(12)18(24)21-17-9-10-23(22-17)11-14-15(19)7-4-8-16(14)20/h2-10H,11H2,1H3,(H,21,22,24). The van der Waals surface area contributed by atoms with Crippen LogP contribution >= 0.6 is 23.2 Å². The third-order valence-electron chi connectivity index (χ3n) is 3.65. The van der Waals surface area contributed by atoms with Crippen LogP contribution in [0.25, 0.3) is 0 Å². The normalized spacial score (nSPS) is 10.6. The first kappa shape index (κ1) is 16.6. The van der Waals surface area contributed by atoms with Crippen molar-refractivity contribution >= 4 is 34.9 Å². The van der Waals surface area contributed by atoms with E-state index >= 15 is 0 Å². The van der Waals surface area contributed by atoms with Crippen molar-refractivity contribution in [3.63, 3.8) is 0 Å². The Bertz CT molecular complexity index is 869. The van der Waals surface area contributed by atoms with Crippen molar-refractivity contribution in [2.75, 3.05) is 5.32 Å². The summed E-state index contributed by atoms with van der Waals surface area (Å²) in [5.74, 6) is 0.292. The number of aromatic nitrogens is 2. The Morgan fingerprint density at radius 3 is 2.50 bits per heavy atom. The summed E-state index contributed by atoms with van der Waals surface area (Å²) >= 11 is 12.3. The topological polar surface area (TPSA) is 46.9 Å². The van der Waals surface area contributed by atoms with Gasteiger partial charge in [-0.15, -0.1) is 0 Å². The molecule has 0 radical (unpaired) electrons. The van der Waals surface area contributed by atoms with Gasteiger partial charge in [-0.05, 0) is 30.7 Å². The molecule has 0 unspecified atom stereocenters. The molecule has 3 aromatic rings. The molecule has 122 valence electrons. The maximum atomic E-state index is 12.3. The van der Waals surface area contributed by atoms with E-state index in [0.29, 0.717) is 28.0 Å². The lowest BCUT2D eigenvalue weighted by Gasteiger charge is -2.07. The van der Waals surface area contributed by atoms with Crippen LogP contribution in [0.5, 0.6) is 0 Å². The Hall–Kier alpha value is -2.30. The number of nitrogens with one attached hydrogen (secondary N) is 1. The smallest absolute Gasteiger partial charge is 0.257 e. The molecule has 6 heteroatoms. The summed E-state index contributed by atoms with van der Waals surface area (Å²) in [5.41, 5.74) is 2.33. The molecule has 1 N–H and O–H groups in total. The monoisotopic (exact) mass is 359 g/mol. The van der Waals surface area contributed by atoms with Gasteiger partial charge in [0.1, 0.15) is 0 Å². The number of hydrogen-bond donors (Lipinski definition) is 1. The van der Waals surface area contributed by atoms with Crippen LogP contribution in [0.3, 0.4) is 0 Å². The number of anilines is 1. The number of nitrogens with zero attached hydrogens (tertiary/aromatic N) is 2. The van der Waals surface area contributed by atoms with Gasteiger partial charge in [0.25, 0.3) is 5.91 Å². The van der Waals surface area contributed by atoms with E-state index in [4.69, 9.17) is 23.2 Å². The predicted molar refractivity (Wildman–Crippen MR) is 96.9 cm³/mol. The minimum absolute atomic E-state index is 0.186. The summed E-state index contributed by atoms with van der Waals surface area (Å²) in [6, 6.07) is 14.5. The molecule has 0 aliphatic carbocycles. The molecule has 24 heavy (non-hydrogen) atoms. The van der Waals surface area contributed by atoms with Crippen LogP contribution < -0.4 is 5.32 Å². The van der Waals surface area contributed by atoms with Crippen LogP contribution in [0.2, 0.25) is 10.0 Å². The Morgan fingerprint density at radius 1 is 1.08 bits per heavy atom. The fourth-order valence-corrected chi connectivity index (χ4v) is 2.89. The van der Waals surface area contributed by atoms with E-state index in [0.717, 1.165) is 11.1 Å². The highest BCUT2D eigenvalue weighted by molar-refractivity contribution is 6.35. The Morgan fingerprint density at radius 2 is 1.79 bits per heavy atom. The molecule has 0 atom stereocenters. The molecule has 1 aromatic heterocycles. The van der Waals surface area contributed by atoms with Crippen molar-refractivity contribution in [3.8, 4) is 0 Å². The van der Waals surface area contributed by atoms with E-state index in [2.05, 4.69) is 10.4 Å². The number of aryl methyl sites for hydroxylation is 1. The van der Waals surface area contributed by atoms with E-state index in [1.807, 2.05) is 25.1 Å². The first-order valence-electron chi connectivity index (χ1n) is 7.38. The average Bonchev–Trinajstić information content (AvgIpc) is 2.98. The second kappa shape index (κ2) is 7.07. The molecule has 0 aliphatic heterocycles. The molecular weight excluding hydrogens is 345 g/mol. The van der Waals surface area contributed by atoms with Gasteiger partial charge < -0.3 is 5.32 Å². The number of carbonyl (C=O) groups is 1. The lowest BCUT2D eigenvalue weighted by molar-refractivity contribution is 0.102. The summed E-state index contributed by atoms with van der Waals surface area (Å²) < 4.78 is 1.68. The first-order valence-corrected chi connectivity index (χ1v) is 8.13. The summed E-state index contributed by atoms with van der Waals surface area (Å²) in [7, 11) is 0. The summed E-state index contributed by atoms with van der Waals surface area (Å²) in [5, 5.41) is 8.32. The van der Waals surface area contributed by atoms with Crippen molar-refractivity contribution in [2.45, 2.75) is 13.5 Å². The highest BCUT2D eigenvalue weighted by Gasteiger charge is 2.11. The summed E-state index contributed by atoms with van der Waals surface area (Å²) in [6.45, 7) is 2.33. The van der Waals surface area contributed by atoms with Gasteiger partial charge >= 0.3 is 0 Å². The third kappa shape index (κ3) is 3.61. The summed E-state index contributed by atoms with van der Waals surface area (Å²) in [4.78, 5) is 12.3. The van der Waals surface area contributed by atoms with E-state index in [1.54, 1.807) is 41.2 Å². The summed E-state index contributed by atoms with van der Waals surface area (Å²) in [6.07, 6.45) is 1.77. The molecule has 0 saturated heterocycles. The third-order valence-corrected chi connectivity index (χ3v) is 4.36. The van der Waals surface area contributed by atoms with E-state index in [9.17, 15) is 4.79 Å². The van der Waals surface area contributed by atoms with Gasteiger partial charge in [-0.2, -0.15) is 5.10 Å². The quantitative estimate of drug-likeness (QED) is 0.727. The highest BCUT2D eigenvalue weighted by atomic mass is 35.5. The molecule has 1 heterocycles. The molecule has 0 fully saturated rings. The van der Waals surface area contributed by atoms with Gasteiger partial charge in [-0.1, -0.05) is 47.5 Å². The number of rotatable bonds is 4. The van der Waals surface area contributed by atoms with Crippen molar-refractivity contribution < 1.29 is 4.79 Å². The van der Waals surface area contributed by atoms with Gasteiger partial charge in [-0.25, -0.2) is 0 Å². The van der Waals surface area contributed by atoms with Crippen LogP contribution in [0.4, 0.5) is 5.82 Å². The zero-order chi connectivity index (χ0) is 17.1. The molecule has 1 amide bonds. The number of amides is 1. The maximum Gasteiger partial charge on any atom is 0.257 e.